The van der Waals surface area contributed by atoms with Crippen molar-refractivity contribution in [3.05, 3.63) is 54.1 Å². The van der Waals surface area contributed by atoms with Crippen molar-refractivity contribution < 1.29 is 8.42 Å². The molecule has 0 saturated heterocycles. The molecule has 0 fully saturated rings. The Morgan fingerprint density at radius 2 is 1.75 bits per heavy atom. The van der Waals surface area contributed by atoms with Gasteiger partial charge in [0.25, 0.3) is 0 Å². The first-order valence-electron chi connectivity index (χ1n) is 7.26. The van der Waals surface area contributed by atoms with Gasteiger partial charge in [-0.25, -0.2) is 23.1 Å². The average Bonchev–Trinajstić information content (AvgIpc) is 2.93. The molecule has 124 valence electrons. The molecule has 0 unspecified atom stereocenters. The fraction of sp³-hybridized carbons (Fsp3) is 0.188. The number of nitrogens with zero attached hydrogens (tertiary/aromatic N) is 4. The van der Waals surface area contributed by atoms with Gasteiger partial charge in [-0.05, 0) is 32.0 Å². The Kier molecular flexibility index (Phi) is 4.06. The molecule has 1 aromatic carbocycles. The summed E-state index contributed by atoms with van der Waals surface area (Å²) in [5, 5.41) is 7.31. The summed E-state index contributed by atoms with van der Waals surface area (Å²) >= 11 is 0. The van der Waals surface area contributed by atoms with Crippen LogP contribution in [0.1, 0.15) is 11.4 Å². The number of hydrogen-bond acceptors (Lipinski definition) is 6. The number of aryl methyl sites for hydroxylation is 2. The summed E-state index contributed by atoms with van der Waals surface area (Å²) in [6.07, 6.45) is 4.48. The molecule has 0 aliphatic carbocycles. The summed E-state index contributed by atoms with van der Waals surface area (Å²) in [4.78, 5) is 8.85. The minimum absolute atomic E-state index is 0.224. The molecule has 2 heterocycles. The van der Waals surface area contributed by atoms with E-state index in [-0.39, 0.29) is 4.90 Å². The minimum Gasteiger partial charge on any atom is -0.321 e. The first-order chi connectivity index (χ1) is 11.3. The molecule has 0 bridgehead atoms. The van der Waals surface area contributed by atoms with Gasteiger partial charge in [0.1, 0.15) is 0 Å². The smallest absolute Gasteiger partial charge is 0.227 e. The van der Waals surface area contributed by atoms with Crippen LogP contribution in [0.4, 0.5) is 11.6 Å². The number of benzene rings is 1. The molecule has 0 aliphatic heterocycles. The summed E-state index contributed by atoms with van der Waals surface area (Å²) in [6, 6.07) is 8.61. The summed E-state index contributed by atoms with van der Waals surface area (Å²) < 4.78 is 25.4. The van der Waals surface area contributed by atoms with Crippen LogP contribution in [0.3, 0.4) is 0 Å². The van der Waals surface area contributed by atoms with E-state index in [4.69, 9.17) is 0 Å². The molecule has 24 heavy (non-hydrogen) atoms. The maximum atomic E-state index is 11.9. The average molecular weight is 343 g/mol. The fourth-order valence-electron chi connectivity index (χ4n) is 2.39. The molecule has 2 aromatic heterocycles. The van der Waals surface area contributed by atoms with Gasteiger partial charge < -0.3 is 5.32 Å². The Morgan fingerprint density at radius 3 is 2.42 bits per heavy atom. The van der Waals surface area contributed by atoms with Crippen molar-refractivity contribution in [1.82, 2.24) is 19.7 Å². The highest BCUT2D eigenvalue weighted by Crippen LogP contribution is 2.21. The predicted octanol–water partition coefficient (Wildman–Crippen LogP) is 2.43. The van der Waals surface area contributed by atoms with Crippen LogP contribution in [-0.2, 0) is 9.84 Å². The van der Waals surface area contributed by atoms with Crippen LogP contribution in [0.25, 0.3) is 5.69 Å². The van der Waals surface area contributed by atoms with Gasteiger partial charge in [-0.2, -0.15) is 5.10 Å². The van der Waals surface area contributed by atoms with Crippen LogP contribution < -0.4 is 5.32 Å². The van der Waals surface area contributed by atoms with Crippen molar-refractivity contribution in [3.63, 3.8) is 0 Å². The van der Waals surface area contributed by atoms with E-state index in [0.29, 0.717) is 17.3 Å². The third-order valence-corrected chi connectivity index (χ3v) is 4.48. The Labute approximate surface area is 140 Å². The van der Waals surface area contributed by atoms with Crippen molar-refractivity contribution in [1.29, 1.82) is 0 Å². The topological polar surface area (TPSA) is 89.8 Å². The molecule has 0 amide bonds. The highest BCUT2D eigenvalue weighted by atomic mass is 32.2. The number of aromatic nitrogens is 4. The standard InChI is InChI=1S/C16H17N5O2S/c1-11-8-12(2)19-16(18-11)20-13-9-17-21(10-13)14-6-4-5-7-15(14)24(3,22)23/h4-10H,1-3H3,(H,18,19,20). The fourth-order valence-corrected chi connectivity index (χ4v) is 3.26. The van der Waals surface area contributed by atoms with Gasteiger partial charge in [0.15, 0.2) is 9.84 Å². The van der Waals surface area contributed by atoms with E-state index < -0.39 is 9.84 Å². The Hall–Kier alpha value is -2.74. The van der Waals surface area contributed by atoms with Crippen LogP contribution >= 0.6 is 0 Å². The normalized spacial score (nSPS) is 11.5. The number of sulfone groups is 1. The third kappa shape index (κ3) is 3.43. The molecular weight excluding hydrogens is 326 g/mol. The third-order valence-electron chi connectivity index (χ3n) is 3.33. The van der Waals surface area contributed by atoms with E-state index in [9.17, 15) is 8.42 Å². The van der Waals surface area contributed by atoms with E-state index in [1.54, 1.807) is 36.7 Å². The maximum Gasteiger partial charge on any atom is 0.227 e. The molecule has 1 N–H and O–H groups in total. The quantitative estimate of drug-likeness (QED) is 0.782. The Morgan fingerprint density at radius 1 is 1.08 bits per heavy atom. The number of nitrogens with one attached hydrogen (secondary N) is 1. The predicted molar refractivity (Wildman–Crippen MR) is 91.5 cm³/mol. The minimum atomic E-state index is -3.35. The van der Waals surface area contributed by atoms with Crippen LogP contribution in [0.15, 0.2) is 47.6 Å². The molecule has 8 heteroatoms. The van der Waals surface area contributed by atoms with E-state index in [0.717, 1.165) is 11.4 Å². The molecule has 0 aliphatic rings. The van der Waals surface area contributed by atoms with Crippen LogP contribution in [0.2, 0.25) is 0 Å². The second-order valence-electron chi connectivity index (χ2n) is 5.51. The summed E-state index contributed by atoms with van der Waals surface area (Å²) in [5.74, 6) is 0.475. The van der Waals surface area contributed by atoms with E-state index in [1.165, 1.54) is 10.9 Å². The van der Waals surface area contributed by atoms with Crippen molar-refractivity contribution in [3.8, 4) is 5.69 Å². The molecule has 3 aromatic rings. The highest BCUT2D eigenvalue weighted by Gasteiger charge is 2.15. The van der Waals surface area contributed by atoms with Crippen LogP contribution in [-0.4, -0.2) is 34.4 Å². The van der Waals surface area contributed by atoms with Crippen LogP contribution in [0, 0.1) is 13.8 Å². The zero-order valence-electron chi connectivity index (χ0n) is 13.6. The molecule has 0 saturated carbocycles. The second kappa shape index (κ2) is 6.04. The summed E-state index contributed by atoms with van der Waals surface area (Å²) in [5.41, 5.74) is 2.89. The molecule has 0 spiro atoms. The monoisotopic (exact) mass is 343 g/mol. The molecule has 3 rings (SSSR count). The van der Waals surface area contributed by atoms with Gasteiger partial charge in [0.05, 0.1) is 28.7 Å². The molecule has 7 nitrogen and oxygen atoms in total. The van der Waals surface area contributed by atoms with Crippen molar-refractivity contribution in [2.24, 2.45) is 0 Å². The Bertz CT molecular complexity index is 975. The second-order valence-corrected chi connectivity index (χ2v) is 7.50. The molecule has 0 radical (unpaired) electrons. The SMILES string of the molecule is Cc1cc(C)nc(Nc2cnn(-c3ccccc3S(C)(=O)=O)c2)n1. The number of rotatable bonds is 4. The number of hydrogen-bond donors (Lipinski definition) is 1. The lowest BCUT2D eigenvalue weighted by Gasteiger charge is -2.07. The van der Waals surface area contributed by atoms with Crippen molar-refractivity contribution in [2.75, 3.05) is 11.6 Å². The Balaban J connectivity index is 1.95. The zero-order chi connectivity index (χ0) is 17.3. The lowest BCUT2D eigenvalue weighted by molar-refractivity contribution is 0.600. The lowest BCUT2D eigenvalue weighted by atomic mass is 10.3. The van der Waals surface area contributed by atoms with Crippen LogP contribution in [0.5, 0.6) is 0 Å². The molecular formula is C16H17N5O2S. The van der Waals surface area contributed by atoms with Gasteiger partial charge in [-0.3, -0.25) is 0 Å². The van der Waals surface area contributed by atoms with E-state index in [2.05, 4.69) is 20.4 Å². The lowest BCUT2D eigenvalue weighted by Crippen LogP contribution is -2.05. The van der Waals surface area contributed by atoms with Crippen molar-refractivity contribution in [2.45, 2.75) is 18.7 Å². The van der Waals surface area contributed by atoms with E-state index >= 15 is 0 Å². The first-order valence-corrected chi connectivity index (χ1v) is 9.15. The van der Waals surface area contributed by atoms with Gasteiger partial charge in [0, 0.05) is 17.6 Å². The van der Waals surface area contributed by atoms with Gasteiger partial charge in [-0.1, -0.05) is 12.1 Å². The van der Waals surface area contributed by atoms with Crippen molar-refractivity contribution >= 4 is 21.5 Å². The van der Waals surface area contributed by atoms with Gasteiger partial charge in [-0.15, -0.1) is 0 Å². The zero-order valence-corrected chi connectivity index (χ0v) is 14.4. The largest absolute Gasteiger partial charge is 0.321 e. The number of para-hydroxylation sites is 1. The maximum absolute atomic E-state index is 11.9. The summed E-state index contributed by atoms with van der Waals surface area (Å²) in [6.45, 7) is 3.79. The first kappa shape index (κ1) is 16.1. The van der Waals surface area contributed by atoms with Gasteiger partial charge in [0.2, 0.25) is 5.95 Å². The van der Waals surface area contributed by atoms with E-state index in [1.807, 2.05) is 19.9 Å². The summed E-state index contributed by atoms with van der Waals surface area (Å²) in [7, 11) is -3.35. The molecule has 0 atom stereocenters. The number of anilines is 2. The highest BCUT2D eigenvalue weighted by molar-refractivity contribution is 7.90. The van der Waals surface area contributed by atoms with Gasteiger partial charge >= 0.3 is 0 Å².